The summed E-state index contributed by atoms with van der Waals surface area (Å²) in [5, 5.41) is 5.21. The Kier molecular flexibility index (Phi) is 7.83. The molecule has 59 heavy (non-hydrogen) atoms. The molecule has 9 aromatic carbocycles. The number of para-hydroxylation sites is 2. The Labute approximate surface area is 348 Å². The van der Waals surface area contributed by atoms with Gasteiger partial charge in [0, 0.05) is 48.5 Å². The zero-order chi connectivity index (χ0) is 39.0. The lowest BCUT2D eigenvalue weighted by Crippen LogP contribution is -2.04. The molecule has 2 atom stereocenters. The van der Waals surface area contributed by atoms with E-state index in [0.29, 0.717) is 5.92 Å². The van der Waals surface area contributed by atoms with Crippen molar-refractivity contribution >= 4 is 53.3 Å². The normalized spacial score (nSPS) is 13.9. The lowest BCUT2D eigenvalue weighted by Gasteiger charge is -2.20. The van der Waals surface area contributed by atoms with Crippen molar-refractivity contribution in [2.24, 2.45) is 0 Å². The molecule has 0 spiro atoms. The van der Waals surface area contributed by atoms with Crippen molar-refractivity contribution in [1.29, 1.82) is 0 Å². The Hall–Kier alpha value is -7.00. The number of nitrogens with zero attached hydrogens (tertiary/aromatic N) is 1. The quantitative estimate of drug-likeness (QED) is 0.148. The largest absolute Gasteiger partial charge is 0.309 e. The van der Waals surface area contributed by atoms with Gasteiger partial charge in [0.1, 0.15) is 0 Å². The monoisotopic (exact) mass is 769 g/mol. The molecule has 2 aromatic heterocycles. The molecule has 1 nitrogen and oxygen atoms in total. The Morgan fingerprint density at radius 2 is 1.05 bits per heavy atom. The average Bonchev–Trinajstić information content (AvgIpc) is 3.94. The van der Waals surface area contributed by atoms with Crippen LogP contribution in [-0.4, -0.2) is 4.57 Å². The van der Waals surface area contributed by atoms with Gasteiger partial charge in [0.05, 0.1) is 11.0 Å². The third kappa shape index (κ3) is 5.37. The van der Waals surface area contributed by atoms with Gasteiger partial charge in [0.2, 0.25) is 0 Å². The van der Waals surface area contributed by atoms with Gasteiger partial charge in [-0.15, -0.1) is 11.3 Å². The highest BCUT2D eigenvalue weighted by Crippen LogP contribution is 2.51. The van der Waals surface area contributed by atoms with Crippen LogP contribution in [0.2, 0.25) is 0 Å². The van der Waals surface area contributed by atoms with Gasteiger partial charge in [0.15, 0.2) is 0 Å². The number of hydrogen-bond donors (Lipinski definition) is 0. The predicted molar refractivity (Wildman–Crippen MR) is 251 cm³/mol. The fraction of sp³-hybridized carbons (Fsp3) is 0.0526. The van der Waals surface area contributed by atoms with Gasteiger partial charge in [-0.1, -0.05) is 171 Å². The highest BCUT2D eigenvalue weighted by Gasteiger charge is 2.28. The van der Waals surface area contributed by atoms with Gasteiger partial charge in [-0.25, -0.2) is 0 Å². The number of fused-ring (bicyclic) bond motifs is 9. The predicted octanol–water partition coefficient (Wildman–Crippen LogP) is 15.8. The molecular formula is C57H39NS. The molecule has 0 saturated carbocycles. The molecule has 0 saturated heterocycles. The van der Waals surface area contributed by atoms with E-state index in [-0.39, 0.29) is 5.92 Å². The van der Waals surface area contributed by atoms with Gasteiger partial charge in [0.25, 0.3) is 0 Å². The van der Waals surface area contributed by atoms with E-state index in [1.165, 1.54) is 109 Å². The zero-order valence-corrected chi connectivity index (χ0v) is 33.5. The summed E-state index contributed by atoms with van der Waals surface area (Å²) in [5.74, 6) is 0.419. The van der Waals surface area contributed by atoms with Crippen molar-refractivity contribution in [3.63, 3.8) is 0 Å². The second kappa shape index (κ2) is 13.6. The summed E-state index contributed by atoms with van der Waals surface area (Å²) in [6, 6.07) is 76.7. The van der Waals surface area contributed by atoms with Crippen molar-refractivity contribution in [3.05, 3.63) is 234 Å². The van der Waals surface area contributed by atoms with Crippen molar-refractivity contribution in [1.82, 2.24) is 4.57 Å². The van der Waals surface area contributed by atoms with E-state index in [4.69, 9.17) is 0 Å². The Morgan fingerprint density at radius 1 is 0.424 bits per heavy atom. The molecule has 11 aromatic rings. The summed E-state index contributed by atoms with van der Waals surface area (Å²) in [7, 11) is 0. The third-order valence-corrected chi connectivity index (χ3v) is 13.9. The van der Waals surface area contributed by atoms with Crippen LogP contribution in [0.5, 0.6) is 0 Å². The van der Waals surface area contributed by atoms with Crippen LogP contribution in [-0.2, 0) is 0 Å². The van der Waals surface area contributed by atoms with Crippen molar-refractivity contribution < 1.29 is 0 Å². The highest BCUT2D eigenvalue weighted by atomic mass is 32.1. The maximum atomic E-state index is 2.48. The van der Waals surface area contributed by atoms with E-state index in [0.717, 1.165) is 0 Å². The van der Waals surface area contributed by atoms with Crippen LogP contribution in [0, 0.1) is 0 Å². The third-order valence-electron chi connectivity index (χ3n) is 12.8. The number of thiophene rings is 1. The molecule has 0 amide bonds. The number of benzene rings is 9. The van der Waals surface area contributed by atoms with Crippen LogP contribution in [0.3, 0.4) is 0 Å². The van der Waals surface area contributed by atoms with Crippen molar-refractivity contribution in [2.45, 2.75) is 18.8 Å². The van der Waals surface area contributed by atoms with Crippen molar-refractivity contribution in [2.75, 3.05) is 0 Å². The van der Waals surface area contributed by atoms with Gasteiger partial charge < -0.3 is 4.57 Å². The summed E-state index contributed by atoms with van der Waals surface area (Å²) < 4.78 is 5.05. The number of aromatic nitrogens is 1. The maximum absolute atomic E-state index is 2.48. The SMILES string of the molecule is CC1c2ccccc2-c2c(-c3cccc4sc5cc(C(c6ccc(-c7ccccc7)cc6)c6ccc7c(c6)c6ccccc6n7-c6ccccc6)ccc5c34)cccc21. The minimum absolute atomic E-state index is 0.0347. The molecule has 2 heteroatoms. The first kappa shape index (κ1) is 34.1. The average molecular weight is 770 g/mol. The lowest BCUT2D eigenvalue weighted by atomic mass is 9.83. The second-order valence-electron chi connectivity index (χ2n) is 16.0. The van der Waals surface area contributed by atoms with Crippen LogP contribution in [0.15, 0.2) is 206 Å². The Morgan fingerprint density at radius 3 is 1.92 bits per heavy atom. The fourth-order valence-electron chi connectivity index (χ4n) is 10.1. The molecule has 0 aliphatic heterocycles. The highest BCUT2D eigenvalue weighted by molar-refractivity contribution is 7.26. The van der Waals surface area contributed by atoms with E-state index < -0.39 is 0 Å². The summed E-state index contributed by atoms with van der Waals surface area (Å²) in [6.45, 7) is 2.35. The zero-order valence-electron chi connectivity index (χ0n) is 32.6. The van der Waals surface area contributed by atoms with E-state index in [2.05, 4.69) is 218 Å². The van der Waals surface area contributed by atoms with E-state index in [9.17, 15) is 0 Å². The molecule has 2 unspecified atom stereocenters. The van der Waals surface area contributed by atoms with Gasteiger partial charge >= 0.3 is 0 Å². The topological polar surface area (TPSA) is 4.93 Å². The molecule has 1 aliphatic rings. The molecule has 278 valence electrons. The standard InChI is InChI=1S/C57H39NS/c1-36-43-18-8-9-20-46(43)56-44(36)21-12-22-47(56)48-23-13-25-53-57(48)49-32-30-41(35-54(49)59-53)55(39-28-26-38(27-29-39)37-14-4-2-5-15-37)40-31-33-52-50(34-40)45-19-10-11-24-51(45)58(52)42-16-6-3-7-17-42/h2-36,55H,1H3. The fourth-order valence-corrected chi connectivity index (χ4v) is 11.3. The molecule has 0 radical (unpaired) electrons. The van der Waals surface area contributed by atoms with Crippen LogP contribution < -0.4 is 0 Å². The lowest BCUT2D eigenvalue weighted by molar-refractivity contribution is 0.957. The molecule has 2 heterocycles. The van der Waals surface area contributed by atoms with Gasteiger partial charge in [-0.05, 0) is 104 Å². The van der Waals surface area contributed by atoms with Crippen LogP contribution >= 0.6 is 11.3 Å². The Bertz CT molecular complexity index is 3390. The molecule has 0 N–H and O–H groups in total. The molecular weight excluding hydrogens is 731 g/mol. The first-order valence-corrected chi connectivity index (χ1v) is 21.4. The second-order valence-corrected chi connectivity index (χ2v) is 17.1. The van der Waals surface area contributed by atoms with E-state index in [1.54, 1.807) is 0 Å². The first-order chi connectivity index (χ1) is 29.2. The maximum Gasteiger partial charge on any atom is 0.0541 e. The van der Waals surface area contributed by atoms with Gasteiger partial charge in [-0.3, -0.25) is 0 Å². The van der Waals surface area contributed by atoms with E-state index >= 15 is 0 Å². The minimum atomic E-state index is 0.0347. The summed E-state index contributed by atoms with van der Waals surface area (Å²) in [4.78, 5) is 0. The van der Waals surface area contributed by atoms with Crippen LogP contribution in [0.25, 0.3) is 81.0 Å². The summed E-state index contributed by atoms with van der Waals surface area (Å²) in [6.07, 6.45) is 0. The molecule has 0 bridgehead atoms. The summed E-state index contributed by atoms with van der Waals surface area (Å²) >= 11 is 1.91. The molecule has 1 aliphatic carbocycles. The number of rotatable bonds is 6. The Balaban J connectivity index is 1.04. The molecule has 0 fully saturated rings. The molecule has 12 rings (SSSR count). The van der Waals surface area contributed by atoms with Crippen LogP contribution in [0.1, 0.15) is 46.6 Å². The van der Waals surface area contributed by atoms with Crippen LogP contribution in [0.4, 0.5) is 0 Å². The van der Waals surface area contributed by atoms with Crippen molar-refractivity contribution in [3.8, 4) is 39.1 Å². The van der Waals surface area contributed by atoms with Gasteiger partial charge in [-0.2, -0.15) is 0 Å². The minimum Gasteiger partial charge on any atom is -0.309 e. The smallest absolute Gasteiger partial charge is 0.0541 e. The van der Waals surface area contributed by atoms with E-state index in [1.807, 2.05) is 11.3 Å². The number of hydrogen-bond acceptors (Lipinski definition) is 1. The summed E-state index contributed by atoms with van der Waals surface area (Å²) in [5.41, 5.74) is 18.2. The first-order valence-electron chi connectivity index (χ1n) is 20.6.